The van der Waals surface area contributed by atoms with Gasteiger partial charge in [0.2, 0.25) is 0 Å². The molecule has 134 valence electrons. The van der Waals surface area contributed by atoms with Gasteiger partial charge in [-0.1, -0.05) is 55.0 Å². The Morgan fingerprint density at radius 1 is 1.19 bits per heavy atom. The number of fused-ring (bicyclic) bond motifs is 1. The van der Waals surface area contributed by atoms with E-state index in [0.29, 0.717) is 6.61 Å². The number of ether oxygens (including phenoxy) is 1. The number of rotatable bonds is 7. The molecule has 3 aromatic rings. The minimum atomic E-state index is -0.353. The quantitative estimate of drug-likeness (QED) is 0.470. The summed E-state index contributed by atoms with van der Waals surface area (Å²) in [5, 5.41) is 10.8. The third-order valence-corrected chi connectivity index (χ3v) is 4.17. The summed E-state index contributed by atoms with van der Waals surface area (Å²) in [4.78, 5) is 11.7. The van der Waals surface area contributed by atoms with Gasteiger partial charge in [-0.3, -0.25) is 0 Å². The number of nitrogens with zero attached hydrogens (tertiary/aromatic N) is 3. The Kier molecular flexibility index (Phi) is 5.79. The molecule has 5 nitrogen and oxygen atoms in total. The summed E-state index contributed by atoms with van der Waals surface area (Å²) in [5.41, 5.74) is 2.78. The minimum absolute atomic E-state index is 0.353. The number of carbonyl (C=O) groups is 1. The maximum Gasteiger partial charge on any atom is 0.330 e. The molecule has 0 atom stereocenters. The Morgan fingerprint density at radius 2 is 2.04 bits per heavy atom. The van der Waals surface area contributed by atoms with Crippen LogP contribution in [0.1, 0.15) is 37.9 Å². The normalized spacial score (nSPS) is 11.3. The van der Waals surface area contributed by atoms with Crippen LogP contribution in [-0.4, -0.2) is 27.6 Å². The summed E-state index contributed by atoms with van der Waals surface area (Å²) in [5.74, 6) is -0.353. The van der Waals surface area contributed by atoms with Crippen LogP contribution < -0.4 is 0 Å². The Labute approximate surface area is 153 Å². The van der Waals surface area contributed by atoms with Crippen LogP contribution in [0, 0.1) is 0 Å². The van der Waals surface area contributed by atoms with Crippen molar-refractivity contribution in [2.75, 3.05) is 6.61 Å². The first-order chi connectivity index (χ1) is 12.7. The van der Waals surface area contributed by atoms with Gasteiger partial charge in [-0.2, -0.15) is 0 Å². The number of benzene rings is 2. The fraction of sp³-hybridized carbons (Fsp3) is 0.286. The van der Waals surface area contributed by atoms with Crippen LogP contribution in [0.3, 0.4) is 0 Å². The van der Waals surface area contributed by atoms with Gasteiger partial charge in [0.05, 0.1) is 24.2 Å². The zero-order chi connectivity index (χ0) is 18.4. The van der Waals surface area contributed by atoms with Gasteiger partial charge in [0.25, 0.3) is 0 Å². The van der Waals surface area contributed by atoms with E-state index >= 15 is 0 Å². The largest absolute Gasteiger partial charge is 0.463 e. The van der Waals surface area contributed by atoms with Gasteiger partial charge in [0.15, 0.2) is 0 Å². The van der Waals surface area contributed by atoms with E-state index in [1.165, 1.54) is 6.08 Å². The first-order valence-electron chi connectivity index (χ1n) is 9.01. The number of aryl methyl sites for hydroxylation is 1. The molecule has 0 amide bonds. The van der Waals surface area contributed by atoms with E-state index in [0.717, 1.165) is 47.0 Å². The molecule has 1 aromatic heterocycles. The van der Waals surface area contributed by atoms with E-state index in [1.54, 1.807) is 17.7 Å². The summed E-state index contributed by atoms with van der Waals surface area (Å²) in [6, 6.07) is 12.2. The van der Waals surface area contributed by atoms with E-state index in [2.05, 4.69) is 29.4 Å². The Hall–Kier alpha value is -2.95. The highest BCUT2D eigenvalue weighted by atomic mass is 16.5. The molecule has 5 heteroatoms. The highest BCUT2D eigenvalue weighted by molar-refractivity contribution is 5.95. The molecule has 0 fully saturated rings. The van der Waals surface area contributed by atoms with Crippen LogP contribution in [0.15, 0.2) is 48.7 Å². The topological polar surface area (TPSA) is 57.0 Å². The third-order valence-electron chi connectivity index (χ3n) is 4.17. The van der Waals surface area contributed by atoms with Crippen LogP contribution in [-0.2, 0) is 16.0 Å². The van der Waals surface area contributed by atoms with Crippen LogP contribution in [0.4, 0.5) is 0 Å². The second-order valence-electron chi connectivity index (χ2n) is 6.07. The second-order valence-corrected chi connectivity index (χ2v) is 6.07. The number of esters is 1. The van der Waals surface area contributed by atoms with Gasteiger partial charge in [0, 0.05) is 17.0 Å². The highest BCUT2D eigenvalue weighted by Crippen LogP contribution is 2.27. The van der Waals surface area contributed by atoms with Gasteiger partial charge < -0.3 is 4.74 Å². The molecule has 0 N–H and O–H groups in total. The van der Waals surface area contributed by atoms with Gasteiger partial charge in [-0.05, 0) is 31.2 Å². The van der Waals surface area contributed by atoms with Crippen molar-refractivity contribution in [1.29, 1.82) is 0 Å². The predicted octanol–water partition coefficient (Wildman–Crippen LogP) is 4.34. The lowest BCUT2D eigenvalue weighted by Crippen LogP contribution is -2.01. The first-order valence-corrected chi connectivity index (χ1v) is 9.01. The average molecular weight is 349 g/mol. The number of hydrogen-bond acceptors (Lipinski definition) is 4. The molecule has 26 heavy (non-hydrogen) atoms. The summed E-state index contributed by atoms with van der Waals surface area (Å²) in [6.07, 6.45) is 8.31. The lowest BCUT2D eigenvalue weighted by molar-refractivity contribution is -0.137. The van der Waals surface area contributed by atoms with Crippen molar-refractivity contribution in [1.82, 2.24) is 15.0 Å². The molecular weight excluding hydrogens is 326 g/mol. The van der Waals surface area contributed by atoms with Gasteiger partial charge >= 0.3 is 5.97 Å². The first kappa shape index (κ1) is 17.9. The SMILES string of the molecule is CCCCc1cn(-c2c(/C=C/C(=O)OCC)ccc3ccccc23)nn1. The third kappa shape index (κ3) is 3.99. The van der Waals surface area contributed by atoms with Crippen molar-refractivity contribution < 1.29 is 9.53 Å². The molecule has 0 saturated heterocycles. The van der Waals surface area contributed by atoms with Crippen molar-refractivity contribution in [2.45, 2.75) is 33.1 Å². The second kappa shape index (κ2) is 8.43. The molecule has 0 saturated carbocycles. The molecular formula is C21H23N3O2. The van der Waals surface area contributed by atoms with Crippen LogP contribution in [0.2, 0.25) is 0 Å². The van der Waals surface area contributed by atoms with Gasteiger partial charge in [-0.15, -0.1) is 5.10 Å². The summed E-state index contributed by atoms with van der Waals surface area (Å²) in [6.45, 7) is 4.31. The molecule has 3 rings (SSSR count). The van der Waals surface area contributed by atoms with E-state index in [9.17, 15) is 4.79 Å². The summed E-state index contributed by atoms with van der Waals surface area (Å²) >= 11 is 0. The minimum Gasteiger partial charge on any atom is -0.463 e. The van der Waals surface area contributed by atoms with Crippen molar-refractivity contribution in [3.05, 3.63) is 59.9 Å². The fourth-order valence-corrected chi connectivity index (χ4v) is 2.89. The molecule has 0 radical (unpaired) electrons. The standard InChI is InChI=1S/C21H23N3O2/c1-3-5-9-18-15-24(23-22-18)21-17(13-14-20(25)26-4-2)12-11-16-8-6-7-10-19(16)21/h6-8,10-15H,3-5,9H2,1-2H3/b14-13+. The maximum absolute atomic E-state index is 11.7. The van der Waals surface area contributed by atoms with E-state index in [1.807, 2.05) is 30.5 Å². The number of unbranched alkanes of at least 4 members (excludes halogenated alkanes) is 1. The lowest BCUT2D eigenvalue weighted by Gasteiger charge is -2.10. The van der Waals surface area contributed by atoms with Crippen molar-refractivity contribution >= 4 is 22.8 Å². The number of hydrogen-bond donors (Lipinski definition) is 0. The van der Waals surface area contributed by atoms with Crippen LogP contribution >= 0.6 is 0 Å². The van der Waals surface area contributed by atoms with E-state index < -0.39 is 0 Å². The molecule has 0 aliphatic heterocycles. The average Bonchev–Trinajstić information content (AvgIpc) is 3.13. The molecule has 0 spiro atoms. The predicted molar refractivity (Wildman–Crippen MR) is 103 cm³/mol. The number of aromatic nitrogens is 3. The zero-order valence-electron chi connectivity index (χ0n) is 15.2. The Morgan fingerprint density at radius 3 is 2.85 bits per heavy atom. The van der Waals surface area contributed by atoms with E-state index in [4.69, 9.17) is 4.74 Å². The summed E-state index contributed by atoms with van der Waals surface area (Å²) < 4.78 is 6.79. The monoisotopic (exact) mass is 349 g/mol. The molecule has 0 bridgehead atoms. The summed E-state index contributed by atoms with van der Waals surface area (Å²) in [7, 11) is 0. The fourth-order valence-electron chi connectivity index (χ4n) is 2.89. The van der Waals surface area contributed by atoms with Crippen molar-refractivity contribution in [2.24, 2.45) is 0 Å². The van der Waals surface area contributed by atoms with Crippen LogP contribution in [0.25, 0.3) is 22.5 Å². The van der Waals surface area contributed by atoms with Crippen molar-refractivity contribution in [3.8, 4) is 5.69 Å². The van der Waals surface area contributed by atoms with Gasteiger partial charge in [0.1, 0.15) is 0 Å². The number of carbonyl (C=O) groups excluding carboxylic acids is 1. The van der Waals surface area contributed by atoms with Crippen molar-refractivity contribution in [3.63, 3.8) is 0 Å². The van der Waals surface area contributed by atoms with E-state index in [-0.39, 0.29) is 5.97 Å². The molecule has 2 aromatic carbocycles. The van der Waals surface area contributed by atoms with Gasteiger partial charge in [-0.25, -0.2) is 9.48 Å². The smallest absolute Gasteiger partial charge is 0.330 e. The Balaban J connectivity index is 2.06. The molecule has 0 aliphatic rings. The zero-order valence-corrected chi connectivity index (χ0v) is 15.2. The van der Waals surface area contributed by atoms with Crippen LogP contribution in [0.5, 0.6) is 0 Å². The molecule has 0 aliphatic carbocycles. The Bertz CT molecular complexity index is 928. The molecule has 0 unspecified atom stereocenters. The maximum atomic E-state index is 11.7. The molecule has 1 heterocycles. The lowest BCUT2D eigenvalue weighted by atomic mass is 10.0. The highest BCUT2D eigenvalue weighted by Gasteiger charge is 2.11.